The highest BCUT2D eigenvalue weighted by molar-refractivity contribution is 7.93. The maximum Gasteiger partial charge on any atom is 0.240 e. The molecule has 0 aliphatic heterocycles. The van der Waals surface area contributed by atoms with Crippen LogP contribution < -0.4 is 16.6 Å². The Hall–Kier alpha value is -3.28. The van der Waals surface area contributed by atoms with Crippen LogP contribution in [0.25, 0.3) is 33.5 Å². The number of sulfone groups is 1. The Kier molecular flexibility index (Phi) is 6.19. The minimum Gasteiger partial charge on any atom is -0.394 e. The predicted molar refractivity (Wildman–Crippen MR) is 121 cm³/mol. The van der Waals surface area contributed by atoms with E-state index < -0.39 is 41.4 Å². The number of para-hydroxylation sites is 1. The molecular formula is C18H21N9O5S2. The topological polar surface area (TPSA) is 250 Å². The zero-order chi connectivity index (χ0) is 24.7. The van der Waals surface area contributed by atoms with E-state index in [0.717, 1.165) is 6.07 Å². The Morgan fingerprint density at radius 3 is 2.47 bits per heavy atom. The summed E-state index contributed by atoms with van der Waals surface area (Å²) in [7, 11) is -8.74. The minimum absolute atomic E-state index is 0.169. The van der Waals surface area contributed by atoms with Crippen LogP contribution >= 0.6 is 0 Å². The van der Waals surface area contributed by atoms with E-state index in [9.17, 15) is 21.9 Å². The number of hydrogen-bond donors (Lipinski definition) is 6. The average molecular weight is 508 g/mol. The number of benzene rings is 2. The number of aliphatic hydroxyl groups excluding tert-OH is 1. The molecule has 0 radical (unpaired) electrons. The lowest BCUT2D eigenvalue weighted by Crippen LogP contribution is -2.22. The maximum absolute atomic E-state index is 12.9. The van der Waals surface area contributed by atoms with Crippen molar-refractivity contribution in [2.24, 2.45) is 16.6 Å². The third kappa shape index (κ3) is 4.17. The third-order valence-electron chi connectivity index (χ3n) is 5.07. The number of sulfonamides is 1. The first-order valence-electron chi connectivity index (χ1n) is 9.80. The van der Waals surface area contributed by atoms with Crippen molar-refractivity contribution in [2.75, 3.05) is 18.9 Å². The summed E-state index contributed by atoms with van der Waals surface area (Å²) in [6, 6.07) is 6.83. The minimum atomic E-state index is -4.61. The number of tetrazole rings is 1. The van der Waals surface area contributed by atoms with E-state index in [2.05, 4.69) is 30.6 Å². The molecule has 1 unspecified atom stereocenters. The van der Waals surface area contributed by atoms with E-state index in [1.165, 1.54) is 6.07 Å². The van der Waals surface area contributed by atoms with Gasteiger partial charge in [-0.1, -0.05) is 18.2 Å². The summed E-state index contributed by atoms with van der Waals surface area (Å²) in [5.41, 5.74) is 12.7. The van der Waals surface area contributed by atoms with Crippen LogP contribution in [0.5, 0.6) is 0 Å². The van der Waals surface area contributed by atoms with Gasteiger partial charge in [0.05, 0.1) is 39.9 Å². The molecule has 0 fully saturated rings. The predicted octanol–water partition coefficient (Wildman–Crippen LogP) is -1.22. The van der Waals surface area contributed by atoms with Crippen LogP contribution in [0.15, 0.2) is 40.1 Å². The first kappa shape index (κ1) is 23.9. The smallest absolute Gasteiger partial charge is 0.240 e. The van der Waals surface area contributed by atoms with E-state index in [1.54, 1.807) is 18.2 Å². The molecule has 2 heterocycles. The number of nitrogens with two attached hydrogens (primary N) is 3. The van der Waals surface area contributed by atoms with Gasteiger partial charge in [0.1, 0.15) is 10.7 Å². The summed E-state index contributed by atoms with van der Waals surface area (Å²) in [6.07, 6.45) is 0. The molecule has 2 aromatic carbocycles. The second kappa shape index (κ2) is 8.82. The molecule has 0 saturated heterocycles. The first-order valence-corrected chi connectivity index (χ1v) is 13.0. The van der Waals surface area contributed by atoms with Gasteiger partial charge >= 0.3 is 0 Å². The molecule has 2 aromatic heterocycles. The molecule has 0 bridgehead atoms. The van der Waals surface area contributed by atoms with Crippen LogP contribution in [0.4, 0.5) is 0 Å². The molecule has 180 valence electrons. The highest BCUT2D eigenvalue weighted by Gasteiger charge is 2.32. The number of primary sulfonamides is 1. The summed E-state index contributed by atoms with van der Waals surface area (Å²) in [6.45, 7) is -0.585. The molecule has 4 rings (SSSR count). The average Bonchev–Trinajstić information content (AvgIpc) is 3.46. The molecule has 0 amide bonds. The molecule has 14 nitrogen and oxygen atoms in total. The summed E-state index contributed by atoms with van der Waals surface area (Å²) in [5.74, 6) is -0.388. The van der Waals surface area contributed by atoms with E-state index in [-0.39, 0.29) is 30.1 Å². The molecule has 34 heavy (non-hydrogen) atoms. The summed E-state index contributed by atoms with van der Waals surface area (Å²) >= 11 is 0. The molecule has 16 heteroatoms. The van der Waals surface area contributed by atoms with E-state index in [1.807, 2.05) is 0 Å². The first-order chi connectivity index (χ1) is 16.1. The molecule has 0 spiro atoms. The van der Waals surface area contributed by atoms with Crippen LogP contribution in [0.3, 0.4) is 0 Å². The van der Waals surface area contributed by atoms with Crippen molar-refractivity contribution in [1.29, 1.82) is 0 Å². The van der Waals surface area contributed by atoms with Gasteiger partial charge in [0.25, 0.3) is 0 Å². The largest absolute Gasteiger partial charge is 0.394 e. The number of aromatic amines is 2. The SMILES string of the molecule is NCCS(=O)(=O)c1ccc(-c2cccc3[nH]c(C(N)CO)nc23)c(-c2nn[nH]n2)c1S(N)(=O)=O. The lowest BCUT2D eigenvalue weighted by molar-refractivity contribution is 0.264. The standard InChI is InChI=1S/C18H21N9O5S2/c19-6-7-33(29,30)13-5-4-9(14(16(13)34(21,31)32)18-24-26-27-25-18)10-2-1-3-12-15(10)23-17(22-12)11(20)8-28/h1-5,11,28H,6-8,19-20H2,(H,22,23)(H2,21,31,32)(H,24,25,26,27). The second-order valence-corrected chi connectivity index (χ2v) is 10.9. The zero-order valence-electron chi connectivity index (χ0n) is 17.5. The Labute approximate surface area is 193 Å². The Bertz CT molecular complexity index is 1560. The number of H-pyrrole nitrogens is 2. The number of rotatable bonds is 8. The van der Waals surface area contributed by atoms with Crippen molar-refractivity contribution in [3.05, 3.63) is 36.2 Å². The molecule has 0 saturated carbocycles. The van der Waals surface area contributed by atoms with Gasteiger partial charge in [0, 0.05) is 12.1 Å². The van der Waals surface area contributed by atoms with Gasteiger partial charge in [0.15, 0.2) is 9.84 Å². The fraction of sp³-hybridized carbons (Fsp3) is 0.222. The highest BCUT2D eigenvalue weighted by atomic mass is 32.2. The van der Waals surface area contributed by atoms with Crippen LogP contribution in [-0.2, 0) is 19.9 Å². The van der Waals surface area contributed by atoms with Crippen molar-refractivity contribution in [3.63, 3.8) is 0 Å². The molecule has 9 N–H and O–H groups in total. The van der Waals surface area contributed by atoms with Gasteiger partial charge in [-0.3, -0.25) is 0 Å². The number of aromatic nitrogens is 6. The second-order valence-electron chi connectivity index (χ2n) is 7.32. The lowest BCUT2D eigenvalue weighted by atomic mass is 9.98. The van der Waals surface area contributed by atoms with Gasteiger partial charge in [-0.05, 0) is 22.9 Å². The van der Waals surface area contributed by atoms with Crippen LogP contribution in [-0.4, -0.2) is 71.4 Å². The van der Waals surface area contributed by atoms with E-state index >= 15 is 0 Å². The molecule has 0 aliphatic carbocycles. The normalized spacial score (nSPS) is 13.4. The van der Waals surface area contributed by atoms with Gasteiger partial charge in [-0.25, -0.2) is 27.0 Å². The zero-order valence-corrected chi connectivity index (χ0v) is 19.1. The maximum atomic E-state index is 12.9. The number of hydrogen-bond acceptors (Lipinski definition) is 11. The summed E-state index contributed by atoms with van der Waals surface area (Å²) < 4.78 is 51.2. The van der Waals surface area contributed by atoms with Crippen molar-refractivity contribution >= 4 is 30.9 Å². The van der Waals surface area contributed by atoms with Gasteiger partial charge in [-0.15, -0.1) is 10.2 Å². The highest BCUT2D eigenvalue weighted by Crippen LogP contribution is 2.40. The number of aliphatic hydroxyl groups is 1. The van der Waals surface area contributed by atoms with E-state index in [0.29, 0.717) is 22.4 Å². The monoisotopic (exact) mass is 507 g/mol. The quantitative estimate of drug-likeness (QED) is 0.165. The Morgan fingerprint density at radius 2 is 1.85 bits per heavy atom. The van der Waals surface area contributed by atoms with Crippen LogP contribution in [0.2, 0.25) is 0 Å². The van der Waals surface area contributed by atoms with Gasteiger partial charge in [-0.2, -0.15) is 5.21 Å². The Balaban J connectivity index is 2.13. The number of fused-ring (bicyclic) bond motifs is 1. The van der Waals surface area contributed by atoms with Crippen molar-refractivity contribution in [3.8, 4) is 22.5 Å². The molecule has 4 aromatic rings. The molecular weight excluding hydrogens is 486 g/mol. The number of nitrogens with one attached hydrogen (secondary N) is 2. The van der Waals surface area contributed by atoms with Crippen molar-refractivity contribution in [1.82, 2.24) is 30.6 Å². The summed E-state index contributed by atoms with van der Waals surface area (Å²) in [5, 5.41) is 28.3. The van der Waals surface area contributed by atoms with Gasteiger partial charge in [0.2, 0.25) is 15.8 Å². The fourth-order valence-corrected chi connectivity index (χ4v) is 6.35. The van der Waals surface area contributed by atoms with Crippen molar-refractivity contribution < 1.29 is 21.9 Å². The van der Waals surface area contributed by atoms with Gasteiger partial charge < -0.3 is 21.6 Å². The van der Waals surface area contributed by atoms with Crippen molar-refractivity contribution in [2.45, 2.75) is 15.8 Å². The third-order valence-corrected chi connectivity index (χ3v) is 7.97. The number of nitrogens with zero attached hydrogens (tertiary/aromatic N) is 4. The fourth-order valence-electron chi connectivity index (χ4n) is 3.60. The summed E-state index contributed by atoms with van der Waals surface area (Å²) in [4.78, 5) is 6.26. The molecule has 1 atom stereocenters. The lowest BCUT2D eigenvalue weighted by Gasteiger charge is -2.16. The molecule has 0 aliphatic rings. The van der Waals surface area contributed by atoms with Crippen LogP contribution in [0, 0.1) is 0 Å². The Morgan fingerprint density at radius 1 is 1.09 bits per heavy atom. The van der Waals surface area contributed by atoms with Crippen LogP contribution in [0.1, 0.15) is 11.9 Å². The number of imidazole rings is 1. The van der Waals surface area contributed by atoms with E-state index in [4.69, 9.17) is 16.6 Å².